The molecule has 1 rings (SSSR count). The van der Waals surface area contributed by atoms with E-state index >= 15 is 0 Å². The molecule has 11 heavy (non-hydrogen) atoms. The molecule has 2 nitrogen and oxygen atoms in total. The van der Waals surface area contributed by atoms with Gasteiger partial charge in [-0.25, -0.2) is 0 Å². The third-order valence-corrected chi connectivity index (χ3v) is 1.99. The lowest BCUT2D eigenvalue weighted by Gasteiger charge is -2.25. The molecule has 0 heterocycles. The maximum Gasteiger partial charge on any atom is 0.217 e. The Kier molecular flexibility index (Phi) is 2.58. The summed E-state index contributed by atoms with van der Waals surface area (Å²) in [5, 5.41) is -0.913. The van der Waals surface area contributed by atoms with Gasteiger partial charge in [0.05, 0.1) is 7.11 Å². The lowest BCUT2D eigenvalue weighted by atomic mass is 10.1. The molecule has 0 bridgehead atoms. The molecule has 1 aliphatic rings. The second-order valence-electron chi connectivity index (χ2n) is 2.14. The van der Waals surface area contributed by atoms with Crippen molar-refractivity contribution in [3.05, 3.63) is 30.4 Å². The highest BCUT2D eigenvalue weighted by Gasteiger charge is 2.31. The van der Waals surface area contributed by atoms with Gasteiger partial charge < -0.3 is 9.47 Å². The van der Waals surface area contributed by atoms with Gasteiger partial charge >= 0.3 is 0 Å². The molecule has 0 aromatic heterocycles. The number of hydrogen-bond acceptors (Lipinski definition) is 2. The first-order valence-electron chi connectivity index (χ1n) is 3.24. The van der Waals surface area contributed by atoms with Crippen LogP contribution in [0.2, 0.25) is 0 Å². The lowest BCUT2D eigenvalue weighted by Crippen LogP contribution is -2.26. The maximum atomic E-state index is 6.00. The zero-order chi connectivity index (χ0) is 8.32. The Bertz CT molecular complexity index is 198. The summed E-state index contributed by atoms with van der Waals surface area (Å²) in [4.78, 5) is 0. The van der Waals surface area contributed by atoms with Crippen LogP contribution in [0.1, 0.15) is 0 Å². The first-order chi connectivity index (χ1) is 5.23. The maximum absolute atomic E-state index is 6.00. The number of ether oxygens (including phenoxy) is 2. The second-order valence-corrected chi connectivity index (χ2v) is 2.70. The van der Waals surface area contributed by atoms with Crippen molar-refractivity contribution < 1.29 is 9.47 Å². The summed E-state index contributed by atoms with van der Waals surface area (Å²) in [6.07, 6.45) is 7.17. The molecule has 1 unspecified atom stereocenters. The van der Waals surface area contributed by atoms with Gasteiger partial charge in [-0.3, -0.25) is 0 Å². The first-order valence-corrected chi connectivity index (χ1v) is 3.62. The number of alkyl halides is 1. The third kappa shape index (κ3) is 1.57. The Morgan fingerprint density at radius 3 is 2.64 bits per heavy atom. The van der Waals surface area contributed by atoms with Gasteiger partial charge in [-0.2, -0.15) is 0 Å². The van der Waals surface area contributed by atoms with Gasteiger partial charge in [0, 0.05) is 13.5 Å². The highest BCUT2D eigenvalue weighted by atomic mass is 35.5. The van der Waals surface area contributed by atoms with Gasteiger partial charge in [0.1, 0.15) is 5.76 Å². The molecule has 1 radical (unpaired) electrons. The number of hydrogen-bond donors (Lipinski definition) is 0. The Balaban J connectivity index is 2.83. The summed E-state index contributed by atoms with van der Waals surface area (Å²) in [7, 11) is 3.10. The van der Waals surface area contributed by atoms with Gasteiger partial charge in [0.2, 0.25) is 5.06 Å². The molecule has 61 valence electrons. The van der Waals surface area contributed by atoms with Crippen LogP contribution in [-0.4, -0.2) is 19.3 Å². The van der Waals surface area contributed by atoms with E-state index in [4.69, 9.17) is 21.1 Å². The van der Waals surface area contributed by atoms with Crippen LogP contribution in [0.4, 0.5) is 0 Å². The van der Waals surface area contributed by atoms with Gasteiger partial charge in [0.15, 0.2) is 0 Å². The van der Waals surface area contributed by atoms with Crippen LogP contribution < -0.4 is 0 Å². The Hall–Kier alpha value is -0.470. The Labute approximate surface area is 71.4 Å². The SMILES string of the molecule is COC1=C[CH]C=CC1(Cl)OC. The predicted octanol–water partition coefficient (Wildman–Crippen LogP) is 1.87. The van der Waals surface area contributed by atoms with Crippen LogP contribution in [0.5, 0.6) is 0 Å². The van der Waals surface area contributed by atoms with E-state index in [0.29, 0.717) is 5.76 Å². The van der Waals surface area contributed by atoms with Crippen molar-refractivity contribution in [1.29, 1.82) is 0 Å². The average molecular weight is 174 g/mol. The average Bonchev–Trinajstić information content (AvgIpc) is 2.05. The summed E-state index contributed by atoms with van der Waals surface area (Å²) in [6, 6.07) is 0. The van der Waals surface area contributed by atoms with Crippen molar-refractivity contribution in [3.8, 4) is 0 Å². The van der Waals surface area contributed by atoms with Crippen molar-refractivity contribution in [2.24, 2.45) is 0 Å². The normalized spacial score (nSPS) is 29.9. The van der Waals surface area contributed by atoms with E-state index in [-0.39, 0.29) is 0 Å². The molecule has 0 saturated carbocycles. The largest absolute Gasteiger partial charge is 0.497 e. The van der Waals surface area contributed by atoms with E-state index < -0.39 is 5.06 Å². The van der Waals surface area contributed by atoms with Crippen molar-refractivity contribution in [2.75, 3.05) is 14.2 Å². The van der Waals surface area contributed by atoms with E-state index in [1.807, 2.05) is 12.5 Å². The van der Waals surface area contributed by atoms with E-state index in [2.05, 4.69) is 0 Å². The zero-order valence-electron chi connectivity index (χ0n) is 6.50. The summed E-state index contributed by atoms with van der Waals surface area (Å²) in [5.41, 5.74) is 0. The molecule has 0 amide bonds. The zero-order valence-corrected chi connectivity index (χ0v) is 7.26. The Morgan fingerprint density at radius 1 is 1.45 bits per heavy atom. The van der Waals surface area contributed by atoms with Crippen molar-refractivity contribution in [1.82, 2.24) is 0 Å². The monoisotopic (exact) mass is 173 g/mol. The molecule has 1 atom stereocenters. The second kappa shape index (κ2) is 3.28. The number of halogens is 1. The summed E-state index contributed by atoms with van der Waals surface area (Å²) in [5.74, 6) is 0.601. The van der Waals surface area contributed by atoms with Crippen LogP contribution in [0.25, 0.3) is 0 Å². The highest BCUT2D eigenvalue weighted by molar-refractivity contribution is 6.26. The van der Waals surface area contributed by atoms with Crippen molar-refractivity contribution in [2.45, 2.75) is 5.06 Å². The van der Waals surface area contributed by atoms with E-state index in [9.17, 15) is 0 Å². The molecule has 0 N–H and O–H groups in total. The molecule has 1 aliphatic carbocycles. The van der Waals surface area contributed by atoms with Crippen LogP contribution in [0.15, 0.2) is 24.0 Å². The van der Waals surface area contributed by atoms with Crippen LogP contribution >= 0.6 is 11.6 Å². The van der Waals surface area contributed by atoms with Gasteiger partial charge in [-0.1, -0.05) is 17.7 Å². The minimum Gasteiger partial charge on any atom is -0.497 e. The van der Waals surface area contributed by atoms with E-state index in [0.717, 1.165) is 0 Å². The van der Waals surface area contributed by atoms with Crippen LogP contribution in [0.3, 0.4) is 0 Å². The molecular weight excluding hydrogens is 164 g/mol. The van der Waals surface area contributed by atoms with Gasteiger partial charge in [-0.15, -0.1) is 0 Å². The van der Waals surface area contributed by atoms with E-state index in [1.165, 1.54) is 7.11 Å². The lowest BCUT2D eigenvalue weighted by molar-refractivity contribution is 0.0785. The fourth-order valence-electron chi connectivity index (χ4n) is 0.894. The van der Waals surface area contributed by atoms with E-state index in [1.54, 1.807) is 19.3 Å². The number of allylic oxidation sites excluding steroid dienone is 2. The van der Waals surface area contributed by atoms with Crippen molar-refractivity contribution >= 4 is 11.6 Å². The molecule has 0 aliphatic heterocycles. The first kappa shape index (κ1) is 8.62. The fraction of sp³-hybridized carbons (Fsp3) is 0.375. The molecule has 0 fully saturated rings. The molecule has 0 aromatic rings. The van der Waals surface area contributed by atoms with Crippen LogP contribution in [0, 0.1) is 6.42 Å². The third-order valence-electron chi connectivity index (χ3n) is 1.52. The van der Waals surface area contributed by atoms with Gasteiger partial charge in [-0.05, 0) is 12.2 Å². The Morgan fingerprint density at radius 2 is 2.18 bits per heavy atom. The quantitative estimate of drug-likeness (QED) is 0.594. The molecule has 0 spiro atoms. The molecule has 3 heteroatoms. The fourth-order valence-corrected chi connectivity index (χ4v) is 1.11. The standard InChI is InChI=1S/C8H10ClO2/c1-10-7-5-3-4-6-8(7,9)11-2/h3-6H,1-2H3. The van der Waals surface area contributed by atoms with Crippen LogP contribution in [-0.2, 0) is 9.47 Å². The topological polar surface area (TPSA) is 18.5 Å². The summed E-state index contributed by atoms with van der Waals surface area (Å²) < 4.78 is 10.1. The minimum atomic E-state index is -0.913. The smallest absolute Gasteiger partial charge is 0.217 e. The minimum absolute atomic E-state index is 0.601. The number of rotatable bonds is 2. The summed E-state index contributed by atoms with van der Waals surface area (Å²) >= 11 is 6.00. The van der Waals surface area contributed by atoms with Gasteiger partial charge in [0.25, 0.3) is 0 Å². The molecule has 0 aromatic carbocycles. The molecular formula is C8H10ClO2. The van der Waals surface area contributed by atoms with Crippen molar-refractivity contribution in [3.63, 3.8) is 0 Å². The summed E-state index contributed by atoms with van der Waals surface area (Å²) in [6.45, 7) is 0. The molecule has 0 saturated heterocycles. The predicted molar refractivity (Wildman–Crippen MR) is 44.1 cm³/mol. The number of methoxy groups -OCH3 is 2. The highest BCUT2D eigenvalue weighted by Crippen LogP contribution is 2.31.